The summed E-state index contributed by atoms with van der Waals surface area (Å²) in [5.41, 5.74) is 1.03. The second kappa shape index (κ2) is 15.3. The molecule has 0 amide bonds. The predicted molar refractivity (Wildman–Crippen MR) is 154 cm³/mol. The number of carbonyl (C=O) groups is 1. The minimum Gasteiger partial charge on any atom is -0.459 e. The fraction of sp³-hybridized carbons (Fsp3) is 0.607. The number of carbonyl (C=O) groups excluding carboxylic acids is 1. The first-order valence-electron chi connectivity index (χ1n) is 13.2. The molecular weight excluding hydrogens is 587 g/mol. The van der Waals surface area contributed by atoms with Crippen LogP contribution >= 0.6 is 46.1 Å². The first-order chi connectivity index (χ1) is 18.5. The molecule has 7 nitrogen and oxygen atoms in total. The minimum absolute atomic E-state index is 0.0814. The number of hydrogen-bond donors (Lipinski definition) is 5. The molecule has 0 unspecified atom stereocenters. The van der Waals surface area contributed by atoms with Gasteiger partial charge in [0.25, 0.3) is 0 Å². The van der Waals surface area contributed by atoms with Crippen molar-refractivity contribution in [1.82, 2.24) is 0 Å². The summed E-state index contributed by atoms with van der Waals surface area (Å²) in [5, 5.41) is 51.1. The van der Waals surface area contributed by atoms with Crippen molar-refractivity contribution < 1.29 is 35.1 Å². The number of benzene rings is 1. The molecule has 8 atom stereocenters. The Kier molecular flexibility index (Phi) is 12.8. The summed E-state index contributed by atoms with van der Waals surface area (Å²) in [4.78, 5) is 13.8. The third-order valence-electron chi connectivity index (χ3n) is 7.43. The summed E-state index contributed by atoms with van der Waals surface area (Å²) in [7, 11) is 0. The van der Waals surface area contributed by atoms with E-state index in [1.54, 1.807) is 19.1 Å². The van der Waals surface area contributed by atoms with Crippen LogP contribution in [0.2, 0.25) is 10.0 Å². The van der Waals surface area contributed by atoms with E-state index < -0.39 is 43.1 Å². The number of aryl methyl sites for hydroxylation is 2. The Morgan fingerprint density at radius 3 is 2.33 bits per heavy atom. The molecule has 218 valence electrons. The average Bonchev–Trinajstić information content (AvgIpc) is 3.47. The quantitative estimate of drug-likeness (QED) is 0.153. The molecule has 1 aromatic carbocycles. The van der Waals surface area contributed by atoms with Crippen molar-refractivity contribution in [3.8, 4) is 0 Å². The number of aliphatic hydroxyl groups is 5. The Balaban J connectivity index is 1.46. The number of ether oxygens (including phenoxy) is 1. The zero-order valence-electron chi connectivity index (χ0n) is 21.8. The highest BCUT2D eigenvalue weighted by molar-refractivity contribution is 7.13. The van der Waals surface area contributed by atoms with Crippen LogP contribution in [0.4, 0.5) is 0 Å². The van der Waals surface area contributed by atoms with Gasteiger partial charge >= 0.3 is 5.97 Å². The monoisotopic (exact) mass is 622 g/mol. The number of halogens is 3. The molecule has 0 radical (unpaired) electrons. The third-order valence-corrected chi connectivity index (χ3v) is 9.49. The van der Waals surface area contributed by atoms with E-state index >= 15 is 0 Å². The van der Waals surface area contributed by atoms with E-state index in [0.29, 0.717) is 21.3 Å². The smallest absolute Gasteiger partial charge is 0.348 e. The summed E-state index contributed by atoms with van der Waals surface area (Å²) in [6, 6.07) is 9.00. The number of hydrogen-bond acceptors (Lipinski definition) is 8. The van der Waals surface area contributed by atoms with Crippen LogP contribution in [-0.2, 0) is 17.6 Å². The number of aliphatic hydroxyl groups excluding tert-OH is 5. The van der Waals surface area contributed by atoms with Gasteiger partial charge in [0, 0.05) is 20.3 Å². The lowest BCUT2D eigenvalue weighted by Gasteiger charge is -2.25. The van der Waals surface area contributed by atoms with Crippen molar-refractivity contribution in [1.29, 1.82) is 0 Å². The SMILES string of the molecule is CC[C@@H](O)[C@H](O)[C@H](O)[C@@H](O)COC(=O)c1ccc(CCC[C@@H]2[C@@H](CCc3cc(Cl)cc(Cl)c3)[C@H](O)C[C@H]2Cl)s1. The van der Waals surface area contributed by atoms with E-state index in [1.807, 2.05) is 18.2 Å². The molecule has 1 saturated carbocycles. The van der Waals surface area contributed by atoms with Crippen LogP contribution in [-0.4, -0.2) is 74.0 Å². The van der Waals surface area contributed by atoms with Crippen LogP contribution in [0, 0.1) is 11.8 Å². The zero-order chi connectivity index (χ0) is 28.7. The second-order valence-corrected chi connectivity index (χ2v) is 12.8. The molecule has 39 heavy (non-hydrogen) atoms. The molecule has 0 saturated heterocycles. The summed E-state index contributed by atoms with van der Waals surface area (Å²) in [6.07, 6.45) is -1.60. The predicted octanol–water partition coefficient (Wildman–Crippen LogP) is 4.63. The molecular formula is C28H37Cl3O7S. The van der Waals surface area contributed by atoms with Crippen molar-refractivity contribution >= 4 is 52.1 Å². The summed E-state index contributed by atoms with van der Waals surface area (Å²) >= 11 is 20.2. The minimum atomic E-state index is -1.64. The summed E-state index contributed by atoms with van der Waals surface area (Å²) in [5.74, 6) is -0.378. The Morgan fingerprint density at radius 1 is 1.00 bits per heavy atom. The van der Waals surface area contributed by atoms with Gasteiger partial charge in [-0.3, -0.25) is 0 Å². The molecule has 1 aliphatic rings. The molecule has 1 aliphatic carbocycles. The molecule has 0 aliphatic heterocycles. The summed E-state index contributed by atoms with van der Waals surface area (Å²) < 4.78 is 5.10. The Morgan fingerprint density at radius 2 is 1.67 bits per heavy atom. The molecule has 0 spiro atoms. The highest BCUT2D eigenvalue weighted by atomic mass is 35.5. The largest absolute Gasteiger partial charge is 0.459 e. The first kappa shape index (κ1) is 32.6. The van der Waals surface area contributed by atoms with E-state index in [0.717, 1.165) is 42.5 Å². The van der Waals surface area contributed by atoms with Gasteiger partial charge in [-0.1, -0.05) is 30.1 Å². The average molecular weight is 624 g/mol. The zero-order valence-corrected chi connectivity index (χ0v) is 24.8. The fourth-order valence-electron chi connectivity index (χ4n) is 5.19. The van der Waals surface area contributed by atoms with Crippen LogP contribution < -0.4 is 0 Å². The van der Waals surface area contributed by atoms with Gasteiger partial charge in [0.1, 0.15) is 29.8 Å². The van der Waals surface area contributed by atoms with E-state index in [9.17, 15) is 30.3 Å². The van der Waals surface area contributed by atoms with Gasteiger partial charge in [-0.15, -0.1) is 22.9 Å². The normalized spacial score (nSPS) is 24.3. The van der Waals surface area contributed by atoms with Gasteiger partial charge < -0.3 is 30.3 Å². The molecule has 1 fully saturated rings. The number of esters is 1. The van der Waals surface area contributed by atoms with Crippen LogP contribution in [0.1, 0.15) is 59.1 Å². The van der Waals surface area contributed by atoms with Gasteiger partial charge in [0.05, 0.1) is 12.2 Å². The van der Waals surface area contributed by atoms with Crippen LogP contribution in [0.5, 0.6) is 0 Å². The van der Waals surface area contributed by atoms with Crippen molar-refractivity contribution in [2.45, 2.75) is 87.8 Å². The molecule has 2 aromatic rings. The molecule has 0 bridgehead atoms. The van der Waals surface area contributed by atoms with E-state index in [-0.39, 0.29) is 23.6 Å². The van der Waals surface area contributed by atoms with Crippen LogP contribution in [0.15, 0.2) is 30.3 Å². The maximum Gasteiger partial charge on any atom is 0.348 e. The number of thiophene rings is 1. The van der Waals surface area contributed by atoms with Crippen molar-refractivity contribution in [3.63, 3.8) is 0 Å². The van der Waals surface area contributed by atoms with Crippen LogP contribution in [0.25, 0.3) is 0 Å². The lowest BCUT2D eigenvalue weighted by molar-refractivity contribution is -0.116. The van der Waals surface area contributed by atoms with Gasteiger partial charge in [-0.05, 0) is 92.7 Å². The Hall–Kier alpha value is -0.940. The third kappa shape index (κ3) is 9.28. The van der Waals surface area contributed by atoms with Gasteiger partial charge in [-0.25, -0.2) is 4.79 Å². The van der Waals surface area contributed by atoms with Gasteiger partial charge in [0.2, 0.25) is 0 Å². The highest BCUT2D eigenvalue weighted by Gasteiger charge is 2.40. The standard InChI is InChI=1S/C28H37Cl3O7S/c1-2-22(32)26(35)27(36)24(34)14-38-28(37)25-9-7-18(39-25)4-3-5-19-20(23(33)13-21(19)31)8-6-15-10-16(29)12-17(30)11-15/h7,9-12,19-24,26-27,32-36H,2-6,8,13-14H2,1H3/t19-,20-,21-,22-,23-,24+,26+,27-/m1/s1. The molecule has 3 rings (SSSR count). The molecule has 5 N–H and O–H groups in total. The molecule has 11 heteroatoms. The second-order valence-electron chi connectivity index (χ2n) is 10.2. The van der Waals surface area contributed by atoms with Crippen molar-refractivity contribution in [2.24, 2.45) is 11.8 Å². The maximum atomic E-state index is 12.4. The lowest BCUT2D eigenvalue weighted by Crippen LogP contribution is -2.46. The Labute approximate surface area is 248 Å². The number of rotatable bonds is 14. The van der Waals surface area contributed by atoms with E-state index in [2.05, 4.69) is 0 Å². The maximum absolute atomic E-state index is 12.4. The van der Waals surface area contributed by atoms with Crippen LogP contribution in [0.3, 0.4) is 0 Å². The van der Waals surface area contributed by atoms with Gasteiger partial charge in [-0.2, -0.15) is 0 Å². The summed E-state index contributed by atoms with van der Waals surface area (Å²) in [6.45, 7) is 1.12. The van der Waals surface area contributed by atoms with E-state index in [4.69, 9.17) is 39.5 Å². The van der Waals surface area contributed by atoms with Crippen molar-refractivity contribution in [2.75, 3.05) is 6.61 Å². The van der Waals surface area contributed by atoms with E-state index in [1.165, 1.54) is 11.3 Å². The van der Waals surface area contributed by atoms with Crippen molar-refractivity contribution in [3.05, 3.63) is 55.7 Å². The fourth-order valence-corrected chi connectivity index (χ4v) is 7.20. The van der Waals surface area contributed by atoms with Gasteiger partial charge in [0.15, 0.2) is 0 Å². The molecule has 1 aromatic heterocycles. The first-order valence-corrected chi connectivity index (χ1v) is 15.3. The molecule has 1 heterocycles. The Bertz CT molecular complexity index is 1050. The highest BCUT2D eigenvalue weighted by Crippen LogP contribution is 2.42. The number of alkyl halides is 1. The lowest BCUT2D eigenvalue weighted by atomic mass is 9.85. The topological polar surface area (TPSA) is 127 Å².